The van der Waals surface area contributed by atoms with Crippen LogP contribution < -0.4 is 15.0 Å². The second-order valence-electron chi connectivity index (χ2n) is 9.90. The maximum absolute atomic E-state index is 6.61. The van der Waals surface area contributed by atoms with Crippen LogP contribution in [0.5, 0.6) is 11.5 Å². The number of nitrogens with zero attached hydrogens (tertiary/aromatic N) is 4. The SMILES string of the molecule is C[C@H]1CCc2c(ccc(-c3cn(C4CCNCC4)nn3)c2Oc2ccccc2)N1CC1CC1. The van der Waals surface area contributed by atoms with E-state index in [0.29, 0.717) is 12.1 Å². The summed E-state index contributed by atoms with van der Waals surface area (Å²) < 4.78 is 8.67. The summed E-state index contributed by atoms with van der Waals surface area (Å²) in [5, 5.41) is 12.6. The molecule has 0 spiro atoms. The molecule has 0 amide bonds. The normalized spacial score (nSPS) is 21.1. The Morgan fingerprint density at radius 1 is 1.00 bits per heavy atom. The summed E-state index contributed by atoms with van der Waals surface area (Å²) in [6, 6.07) is 15.6. The van der Waals surface area contributed by atoms with Gasteiger partial charge in [-0.2, -0.15) is 0 Å². The summed E-state index contributed by atoms with van der Waals surface area (Å²) in [6.07, 6.45) is 9.20. The van der Waals surface area contributed by atoms with Crippen LogP contribution in [0.2, 0.25) is 0 Å². The van der Waals surface area contributed by atoms with E-state index in [0.717, 1.165) is 74.0 Å². The van der Waals surface area contributed by atoms with Gasteiger partial charge in [0.25, 0.3) is 0 Å². The molecule has 1 atom stereocenters. The predicted molar refractivity (Wildman–Crippen MR) is 131 cm³/mol. The molecule has 6 rings (SSSR count). The molecule has 1 saturated carbocycles. The zero-order valence-electron chi connectivity index (χ0n) is 19.4. The minimum atomic E-state index is 0.415. The number of aromatic nitrogens is 3. The molecule has 0 unspecified atom stereocenters. The van der Waals surface area contributed by atoms with Gasteiger partial charge in [0.05, 0.1) is 12.2 Å². The van der Waals surface area contributed by atoms with Crippen molar-refractivity contribution in [3.63, 3.8) is 0 Å². The summed E-state index contributed by atoms with van der Waals surface area (Å²) in [5.74, 6) is 2.66. The van der Waals surface area contributed by atoms with E-state index in [-0.39, 0.29) is 0 Å². The molecule has 3 aromatic rings. The van der Waals surface area contributed by atoms with Crippen molar-refractivity contribution in [2.24, 2.45) is 5.92 Å². The Labute approximate surface area is 195 Å². The van der Waals surface area contributed by atoms with Gasteiger partial charge in [-0.1, -0.05) is 23.4 Å². The van der Waals surface area contributed by atoms with Gasteiger partial charge in [0.15, 0.2) is 0 Å². The minimum Gasteiger partial charge on any atom is -0.456 e. The number of nitrogens with one attached hydrogen (secondary N) is 1. The predicted octanol–water partition coefficient (Wildman–Crippen LogP) is 5.21. The fourth-order valence-electron chi connectivity index (χ4n) is 5.31. The number of benzene rings is 2. The molecule has 172 valence electrons. The highest BCUT2D eigenvalue weighted by atomic mass is 16.5. The standard InChI is InChI=1S/C27H33N5O/c1-19-7-10-24-26(31(19)17-20-8-9-20)12-11-23(27(24)33-22-5-3-2-4-6-22)25-18-32(30-29-25)21-13-15-28-16-14-21/h2-6,11-12,18-21,28H,7-10,13-17H2,1H3/t19-/m0/s1. The number of hydrogen-bond donors (Lipinski definition) is 1. The Kier molecular flexibility index (Phi) is 5.54. The Morgan fingerprint density at radius 2 is 1.82 bits per heavy atom. The van der Waals surface area contributed by atoms with Crippen LogP contribution in [-0.2, 0) is 6.42 Å². The number of rotatable bonds is 6. The summed E-state index contributed by atoms with van der Waals surface area (Å²) in [5.41, 5.74) is 4.58. The molecular weight excluding hydrogens is 410 g/mol. The van der Waals surface area contributed by atoms with Crippen LogP contribution in [-0.4, -0.2) is 40.7 Å². The summed E-state index contributed by atoms with van der Waals surface area (Å²) >= 11 is 0. The van der Waals surface area contributed by atoms with Crippen molar-refractivity contribution < 1.29 is 4.74 Å². The molecule has 1 aromatic heterocycles. The van der Waals surface area contributed by atoms with Crippen molar-refractivity contribution in [1.29, 1.82) is 0 Å². The Hall–Kier alpha value is -2.86. The van der Waals surface area contributed by atoms with E-state index in [1.54, 1.807) is 0 Å². The lowest BCUT2D eigenvalue weighted by molar-refractivity contribution is 0.337. The lowest BCUT2D eigenvalue weighted by Crippen LogP contribution is -2.38. The average Bonchev–Trinajstić information content (AvgIpc) is 3.55. The van der Waals surface area contributed by atoms with Gasteiger partial charge >= 0.3 is 0 Å². The van der Waals surface area contributed by atoms with Crippen molar-refractivity contribution in [2.75, 3.05) is 24.5 Å². The molecule has 1 aliphatic carbocycles. The lowest BCUT2D eigenvalue weighted by Gasteiger charge is -2.38. The molecule has 3 aliphatic rings. The number of fused-ring (bicyclic) bond motifs is 1. The lowest BCUT2D eigenvalue weighted by atomic mass is 9.92. The van der Waals surface area contributed by atoms with Crippen LogP contribution in [0.1, 0.15) is 50.6 Å². The molecule has 6 heteroatoms. The third-order valence-corrected chi connectivity index (χ3v) is 7.47. The summed E-state index contributed by atoms with van der Waals surface area (Å²) in [6.45, 7) is 5.60. The number of hydrogen-bond acceptors (Lipinski definition) is 5. The van der Waals surface area contributed by atoms with Gasteiger partial charge in [-0.05, 0) is 88.7 Å². The molecule has 1 N–H and O–H groups in total. The minimum absolute atomic E-state index is 0.415. The summed E-state index contributed by atoms with van der Waals surface area (Å²) in [4.78, 5) is 2.62. The molecular formula is C27H33N5O. The first kappa shape index (κ1) is 20.7. The highest BCUT2D eigenvalue weighted by molar-refractivity contribution is 5.76. The number of anilines is 1. The third-order valence-electron chi connectivity index (χ3n) is 7.47. The molecule has 0 radical (unpaired) electrons. The summed E-state index contributed by atoms with van der Waals surface area (Å²) in [7, 11) is 0. The van der Waals surface area contributed by atoms with Crippen LogP contribution >= 0.6 is 0 Å². The van der Waals surface area contributed by atoms with Crippen LogP contribution in [0.25, 0.3) is 11.3 Å². The van der Waals surface area contributed by atoms with E-state index in [9.17, 15) is 0 Å². The molecule has 2 fully saturated rings. The quantitative estimate of drug-likeness (QED) is 0.567. The van der Waals surface area contributed by atoms with Crippen molar-refractivity contribution >= 4 is 5.69 Å². The number of para-hydroxylation sites is 1. The Bertz CT molecular complexity index is 1100. The van der Waals surface area contributed by atoms with Gasteiger partial charge in [-0.3, -0.25) is 0 Å². The Balaban J connectivity index is 1.41. The smallest absolute Gasteiger partial charge is 0.142 e. The molecule has 0 bridgehead atoms. The monoisotopic (exact) mass is 443 g/mol. The van der Waals surface area contributed by atoms with Gasteiger partial charge in [0, 0.05) is 29.4 Å². The fourth-order valence-corrected chi connectivity index (χ4v) is 5.31. The fraction of sp³-hybridized carbons (Fsp3) is 0.481. The van der Waals surface area contributed by atoms with Crippen molar-refractivity contribution in [3.8, 4) is 22.8 Å². The van der Waals surface area contributed by atoms with Gasteiger partial charge < -0.3 is 15.0 Å². The van der Waals surface area contributed by atoms with E-state index in [1.165, 1.54) is 24.1 Å². The first-order valence-electron chi connectivity index (χ1n) is 12.5. The average molecular weight is 444 g/mol. The van der Waals surface area contributed by atoms with E-state index in [2.05, 4.69) is 50.5 Å². The maximum atomic E-state index is 6.61. The molecule has 2 aromatic carbocycles. The Morgan fingerprint density at radius 3 is 2.61 bits per heavy atom. The van der Waals surface area contributed by atoms with Crippen LogP contribution in [0, 0.1) is 5.92 Å². The van der Waals surface area contributed by atoms with Crippen LogP contribution in [0.4, 0.5) is 5.69 Å². The van der Waals surface area contributed by atoms with Gasteiger partial charge in [-0.15, -0.1) is 5.10 Å². The molecule has 2 aliphatic heterocycles. The third kappa shape index (κ3) is 4.24. The van der Waals surface area contributed by atoms with E-state index >= 15 is 0 Å². The zero-order chi connectivity index (χ0) is 22.2. The molecule has 1 saturated heterocycles. The molecule has 33 heavy (non-hydrogen) atoms. The second-order valence-corrected chi connectivity index (χ2v) is 9.90. The number of ether oxygens (including phenoxy) is 1. The topological polar surface area (TPSA) is 55.2 Å². The highest BCUT2D eigenvalue weighted by Crippen LogP contribution is 2.45. The van der Waals surface area contributed by atoms with Crippen molar-refractivity contribution in [2.45, 2.75) is 57.5 Å². The van der Waals surface area contributed by atoms with E-state index in [4.69, 9.17) is 4.74 Å². The first-order valence-corrected chi connectivity index (χ1v) is 12.5. The second kappa shape index (κ2) is 8.82. The van der Waals surface area contributed by atoms with Gasteiger partial charge in [0.2, 0.25) is 0 Å². The largest absolute Gasteiger partial charge is 0.456 e. The van der Waals surface area contributed by atoms with E-state index < -0.39 is 0 Å². The zero-order valence-corrected chi connectivity index (χ0v) is 19.4. The number of piperidine rings is 1. The van der Waals surface area contributed by atoms with Gasteiger partial charge in [0.1, 0.15) is 17.2 Å². The van der Waals surface area contributed by atoms with Gasteiger partial charge in [-0.25, -0.2) is 4.68 Å². The highest BCUT2D eigenvalue weighted by Gasteiger charge is 2.32. The maximum Gasteiger partial charge on any atom is 0.142 e. The van der Waals surface area contributed by atoms with Crippen molar-refractivity contribution in [3.05, 3.63) is 54.2 Å². The molecule has 6 nitrogen and oxygen atoms in total. The van der Waals surface area contributed by atoms with Crippen LogP contribution in [0.3, 0.4) is 0 Å². The van der Waals surface area contributed by atoms with Crippen LogP contribution in [0.15, 0.2) is 48.7 Å². The van der Waals surface area contributed by atoms with Crippen molar-refractivity contribution in [1.82, 2.24) is 20.3 Å². The molecule has 3 heterocycles. The van der Waals surface area contributed by atoms with E-state index in [1.807, 2.05) is 30.3 Å². The first-order chi connectivity index (χ1) is 16.3.